The summed E-state index contributed by atoms with van der Waals surface area (Å²) in [6.45, 7) is 5.70. The SMILES string of the molecule is C=C[C@@H]1C[C@]1(NC(=O)[C@@H]1C[C@@H]2CN1C(=O)[C@H](CCCC)NS(=O)(=O)CCCCCCc1ccc3nc(-c4ccccc4)cc(c3c1)O2)C(=O)NS(=O)(=O)C1CC1. The van der Waals surface area contributed by atoms with Gasteiger partial charge >= 0.3 is 0 Å². The third-order valence-electron chi connectivity index (χ3n) is 11.4. The van der Waals surface area contributed by atoms with Crippen LogP contribution in [-0.2, 0) is 40.9 Å². The van der Waals surface area contributed by atoms with Gasteiger partial charge in [-0.25, -0.2) is 26.5 Å². The molecule has 0 spiro atoms. The molecule has 7 rings (SSSR count). The highest BCUT2D eigenvalue weighted by molar-refractivity contribution is 7.91. The molecule has 1 saturated heterocycles. The summed E-state index contributed by atoms with van der Waals surface area (Å²) in [7, 11) is -7.76. The number of ether oxygens (including phenoxy) is 1. The molecule has 1 aromatic heterocycles. The first kappa shape index (κ1) is 39.9. The van der Waals surface area contributed by atoms with E-state index in [1.165, 1.54) is 11.0 Å². The van der Waals surface area contributed by atoms with Gasteiger partial charge < -0.3 is 15.0 Å². The maximum atomic E-state index is 14.6. The topological polar surface area (TPSA) is 181 Å². The number of benzene rings is 2. The van der Waals surface area contributed by atoms with Crippen LogP contribution in [0.3, 0.4) is 0 Å². The van der Waals surface area contributed by atoms with Crippen molar-refractivity contribution in [2.45, 2.75) is 113 Å². The number of aryl methyl sites for hydroxylation is 1. The number of fused-ring (bicyclic) bond motifs is 3. The van der Waals surface area contributed by atoms with Crippen LogP contribution >= 0.6 is 0 Å². The Bertz CT molecular complexity index is 2210. The van der Waals surface area contributed by atoms with Gasteiger partial charge in [0.2, 0.25) is 31.9 Å². The van der Waals surface area contributed by atoms with Gasteiger partial charge in [-0.1, -0.05) is 75.1 Å². The van der Waals surface area contributed by atoms with Crippen LogP contribution in [0.4, 0.5) is 0 Å². The Morgan fingerprint density at radius 3 is 2.57 bits per heavy atom. The van der Waals surface area contributed by atoms with Crippen molar-refractivity contribution in [2.24, 2.45) is 5.92 Å². The normalized spacial score (nSPS) is 26.8. The largest absolute Gasteiger partial charge is 0.488 e. The Morgan fingerprint density at radius 2 is 1.86 bits per heavy atom. The summed E-state index contributed by atoms with van der Waals surface area (Å²) in [5.74, 6) is -2.19. The zero-order valence-electron chi connectivity index (χ0n) is 31.7. The molecule has 56 heavy (non-hydrogen) atoms. The zero-order chi connectivity index (χ0) is 39.7. The molecule has 13 nitrogen and oxygen atoms in total. The van der Waals surface area contributed by atoms with Crippen LogP contribution in [0.2, 0.25) is 0 Å². The predicted molar refractivity (Wildman–Crippen MR) is 213 cm³/mol. The lowest BCUT2D eigenvalue weighted by molar-refractivity contribution is -0.141. The maximum Gasteiger partial charge on any atom is 0.259 e. The van der Waals surface area contributed by atoms with Crippen molar-refractivity contribution in [3.63, 3.8) is 0 Å². The summed E-state index contributed by atoms with van der Waals surface area (Å²) in [5.41, 5.74) is 1.83. The van der Waals surface area contributed by atoms with E-state index in [0.717, 1.165) is 41.3 Å². The standard InChI is InChI=1S/C41H51N5O8S2/c1-3-5-16-34-39(48)46-26-30(23-36(46)38(47)43-41(25-29(41)4-2)40(49)45-56(52,53)31-18-19-31)54-37-24-35(28-14-10-8-11-15-28)42-33-20-17-27(22-32(33)37)13-9-6-7-12-21-55(50,51)44-34/h4,8,10-11,14-15,17,20,22,24,29-31,34,36,44H,2-3,5-7,9,12-13,16,18-19,21,23,25-26H2,1H3,(H,43,47)(H,45,49)/t29-,30-,34+,36+,41-/m1/s1. The van der Waals surface area contributed by atoms with Crippen molar-refractivity contribution < 1.29 is 36.0 Å². The van der Waals surface area contributed by atoms with Gasteiger partial charge in [0.05, 0.1) is 28.8 Å². The van der Waals surface area contributed by atoms with E-state index in [2.05, 4.69) is 27.4 Å². The summed E-state index contributed by atoms with van der Waals surface area (Å²) in [6.07, 6.45) is 7.04. The molecule has 2 saturated carbocycles. The Morgan fingerprint density at radius 1 is 1.09 bits per heavy atom. The molecule has 0 radical (unpaired) electrons. The molecule has 300 valence electrons. The van der Waals surface area contributed by atoms with E-state index < -0.39 is 72.7 Å². The van der Waals surface area contributed by atoms with E-state index in [4.69, 9.17) is 9.72 Å². The second-order valence-electron chi connectivity index (χ2n) is 15.7. The molecule has 2 aliphatic heterocycles. The fraction of sp³-hybridized carbons (Fsp3) is 0.512. The van der Waals surface area contributed by atoms with Crippen LogP contribution < -0.4 is 19.5 Å². The van der Waals surface area contributed by atoms with Crippen LogP contribution in [0.5, 0.6) is 5.75 Å². The number of rotatable bonds is 10. The van der Waals surface area contributed by atoms with Crippen molar-refractivity contribution in [1.82, 2.24) is 24.6 Å². The van der Waals surface area contributed by atoms with Crippen LogP contribution in [-0.4, -0.2) is 85.7 Å². The highest BCUT2D eigenvalue weighted by Gasteiger charge is 2.62. The van der Waals surface area contributed by atoms with Gasteiger partial charge in [-0.15, -0.1) is 6.58 Å². The zero-order valence-corrected chi connectivity index (χ0v) is 33.4. The third kappa shape index (κ3) is 8.79. The lowest BCUT2D eigenvalue weighted by Gasteiger charge is -2.29. The lowest BCUT2D eigenvalue weighted by Crippen LogP contribution is -2.58. The molecule has 4 aliphatic rings. The number of nitrogens with one attached hydrogen (secondary N) is 3. The molecule has 4 bridgehead atoms. The van der Waals surface area contributed by atoms with E-state index in [1.807, 2.05) is 55.5 Å². The number of hydrogen-bond donors (Lipinski definition) is 3. The molecule has 0 unspecified atom stereocenters. The number of amides is 3. The number of sulfonamides is 2. The maximum absolute atomic E-state index is 14.6. The molecule has 3 aromatic rings. The fourth-order valence-corrected chi connectivity index (χ4v) is 10.6. The monoisotopic (exact) mass is 805 g/mol. The Balaban J connectivity index is 1.25. The number of pyridine rings is 1. The van der Waals surface area contributed by atoms with E-state index in [1.54, 1.807) is 0 Å². The second-order valence-corrected chi connectivity index (χ2v) is 19.5. The van der Waals surface area contributed by atoms with Crippen molar-refractivity contribution >= 4 is 48.7 Å². The van der Waals surface area contributed by atoms with E-state index in [9.17, 15) is 31.2 Å². The molecule has 15 heteroatoms. The van der Waals surface area contributed by atoms with Gasteiger partial charge in [-0.05, 0) is 62.6 Å². The summed E-state index contributed by atoms with van der Waals surface area (Å²) >= 11 is 0. The van der Waals surface area contributed by atoms with Gasteiger partial charge in [0, 0.05) is 29.4 Å². The van der Waals surface area contributed by atoms with Gasteiger partial charge in [-0.2, -0.15) is 0 Å². The van der Waals surface area contributed by atoms with Crippen LogP contribution in [0, 0.1) is 5.92 Å². The second kappa shape index (κ2) is 16.3. The molecule has 5 atom stereocenters. The molecule has 3 N–H and O–H groups in total. The minimum absolute atomic E-state index is 0.0336. The van der Waals surface area contributed by atoms with E-state index in [0.29, 0.717) is 50.0 Å². The van der Waals surface area contributed by atoms with Gasteiger partial charge in [0.15, 0.2) is 0 Å². The molecule has 3 amide bonds. The molecular formula is C41H51N5O8S2. The van der Waals surface area contributed by atoms with Crippen LogP contribution in [0.1, 0.15) is 83.1 Å². The number of nitrogens with zero attached hydrogens (tertiary/aromatic N) is 2. The van der Waals surface area contributed by atoms with Gasteiger partial charge in [0.25, 0.3) is 5.91 Å². The Hall–Kier alpha value is -4.34. The van der Waals surface area contributed by atoms with Gasteiger partial charge in [-0.3, -0.25) is 19.1 Å². The smallest absolute Gasteiger partial charge is 0.259 e. The van der Waals surface area contributed by atoms with Crippen molar-refractivity contribution in [2.75, 3.05) is 12.3 Å². The predicted octanol–water partition coefficient (Wildman–Crippen LogP) is 4.51. The average Bonchev–Trinajstić information content (AvgIpc) is 4.11. The molecule has 3 fully saturated rings. The Kier molecular flexibility index (Phi) is 11.6. The van der Waals surface area contributed by atoms with E-state index in [-0.39, 0.29) is 31.6 Å². The highest BCUT2D eigenvalue weighted by Crippen LogP contribution is 2.45. The quantitative estimate of drug-likeness (QED) is 0.249. The first-order valence-corrected chi connectivity index (χ1v) is 23.0. The first-order valence-electron chi connectivity index (χ1n) is 19.8. The third-order valence-corrected chi connectivity index (χ3v) is 14.7. The molecule has 2 aromatic carbocycles. The van der Waals surface area contributed by atoms with E-state index >= 15 is 0 Å². The number of unbranched alkanes of at least 4 members (excludes halogenated alkanes) is 1. The molecule has 2 aliphatic carbocycles. The summed E-state index contributed by atoms with van der Waals surface area (Å²) in [6, 6.07) is 15.4. The van der Waals surface area contributed by atoms with Crippen LogP contribution in [0.15, 0.2) is 67.3 Å². The van der Waals surface area contributed by atoms with Crippen molar-refractivity contribution in [3.05, 3.63) is 72.8 Å². The summed E-state index contributed by atoms with van der Waals surface area (Å²) in [5, 5.41) is 2.96. The van der Waals surface area contributed by atoms with Gasteiger partial charge in [0.1, 0.15) is 29.5 Å². The molecular weight excluding hydrogens is 755 g/mol. The fourth-order valence-electron chi connectivity index (χ4n) is 7.92. The number of carbonyl (C=O) groups excluding carboxylic acids is 3. The minimum atomic E-state index is -3.91. The Labute approximate surface area is 329 Å². The summed E-state index contributed by atoms with van der Waals surface area (Å²) < 4.78 is 63.9. The molecule has 3 heterocycles. The summed E-state index contributed by atoms with van der Waals surface area (Å²) in [4.78, 5) is 48.9. The number of hydrogen-bond acceptors (Lipinski definition) is 9. The van der Waals surface area contributed by atoms with Crippen molar-refractivity contribution in [1.29, 1.82) is 0 Å². The lowest BCUT2D eigenvalue weighted by atomic mass is 10.0. The van der Waals surface area contributed by atoms with Crippen molar-refractivity contribution in [3.8, 4) is 17.0 Å². The number of carbonyl (C=O) groups is 3. The first-order chi connectivity index (χ1) is 26.8. The highest BCUT2D eigenvalue weighted by atomic mass is 32.2. The minimum Gasteiger partial charge on any atom is -0.488 e. The number of aromatic nitrogens is 1. The average molecular weight is 806 g/mol. The van der Waals surface area contributed by atoms with Crippen LogP contribution in [0.25, 0.3) is 22.2 Å².